The predicted molar refractivity (Wildman–Crippen MR) is 117 cm³/mol. The molecule has 3 aromatic rings. The molecular weight excluding hydrogens is 396 g/mol. The molecule has 1 aliphatic heterocycles. The number of anilines is 1. The number of oxazole rings is 1. The van der Waals surface area contributed by atoms with Crippen molar-refractivity contribution in [1.82, 2.24) is 15.2 Å². The number of aromatic hydroxyl groups is 1. The van der Waals surface area contributed by atoms with Crippen LogP contribution in [0.3, 0.4) is 0 Å². The zero-order valence-corrected chi connectivity index (χ0v) is 17.5. The highest BCUT2D eigenvalue weighted by molar-refractivity contribution is 5.88. The van der Waals surface area contributed by atoms with Crippen LogP contribution < -0.4 is 10.2 Å². The second kappa shape index (κ2) is 9.07. The number of carbonyl (C=O) groups excluding carboxylic acids is 2. The minimum atomic E-state index is -0.246. The van der Waals surface area contributed by atoms with Crippen molar-refractivity contribution in [2.24, 2.45) is 0 Å². The van der Waals surface area contributed by atoms with Gasteiger partial charge in [0.25, 0.3) is 0 Å². The second-order valence-electron chi connectivity index (χ2n) is 7.78. The van der Waals surface area contributed by atoms with E-state index in [4.69, 9.17) is 4.42 Å². The third-order valence-electron chi connectivity index (χ3n) is 5.36. The molecule has 0 aliphatic carbocycles. The lowest BCUT2D eigenvalue weighted by Gasteiger charge is -2.25. The molecular formula is C23H26N4O4. The van der Waals surface area contributed by atoms with Crippen molar-refractivity contribution in [3.63, 3.8) is 0 Å². The van der Waals surface area contributed by atoms with Crippen LogP contribution in [-0.2, 0) is 16.1 Å². The number of benzene rings is 2. The third kappa shape index (κ3) is 5.14. The van der Waals surface area contributed by atoms with Crippen molar-refractivity contribution in [3.05, 3.63) is 53.9 Å². The van der Waals surface area contributed by atoms with Crippen molar-refractivity contribution in [2.75, 3.05) is 31.1 Å². The molecule has 2 heterocycles. The molecule has 0 unspecified atom stereocenters. The maximum Gasteiger partial charge on any atom is 0.241 e. The predicted octanol–water partition coefficient (Wildman–Crippen LogP) is 2.59. The Balaban J connectivity index is 1.49. The Bertz CT molecular complexity index is 1090. The number of phenolic OH excluding ortho intramolecular Hbond substituents is 1. The normalized spacial score (nSPS) is 13.5. The Morgan fingerprint density at radius 1 is 1.19 bits per heavy atom. The van der Waals surface area contributed by atoms with Crippen LogP contribution in [0, 0.1) is 6.92 Å². The number of nitrogens with zero attached hydrogens (tertiary/aromatic N) is 3. The maximum atomic E-state index is 12.7. The summed E-state index contributed by atoms with van der Waals surface area (Å²) in [7, 11) is 0. The number of aromatic nitrogens is 1. The summed E-state index contributed by atoms with van der Waals surface area (Å²) in [6, 6.07) is 12.5. The Morgan fingerprint density at radius 3 is 2.77 bits per heavy atom. The van der Waals surface area contributed by atoms with E-state index >= 15 is 0 Å². The number of fused-ring (bicyclic) bond motifs is 1. The van der Waals surface area contributed by atoms with E-state index < -0.39 is 0 Å². The van der Waals surface area contributed by atoms with Crippen LogP contribution in [0.5, 0.6) is 5.75 Å². The minimum absolute atomic E-state index is 0.000312. The number of likely N-dealkylation sites (tertiary alicyclic amines) is 1. The standard InChI is InChI=1S/C23H26N4O4/c1-16-25-20-12-18(7-8-21(20)31-16)27(14-17-5-4-6-19(28)11-17)15-22(29)24-13-23(30)26-9-2-3-10-26/h4-8,11-12,28H,2-3,9-10,13-15H2,1H3,(H,24,29). The van der Waals surface area contributed by atoms with Gasteiger partial charge in [-0.3, -0.25) is 9.59 Å². The Morgan fingerprint density at radius 2 is 2.00 bits per heavy atom. The van der Waals surface area contributed by atoms with E-state index in [0.717, 1.165) is 37.2 Å². The summed E-state index contributed by atoms with van der Waals surface area (Å²) >= 11 is 0. The Kier molecular flexibility index (Phi) is 6.06. The molecule has 0 radical (unpaired) electrons. The van der Waals surface area contributed by atoms with E-state index in [0.29, 0.717) is 23.5 Å². The van der Waals surface area contributed by atoms with Crippen LogP contribution in [0.15, 0.2) is 46.9 Å². The highest BCUT2D eigenvalue weighted by atomic mass is 16.3. The van der Waals surface area contributed by atoms with Crippen LogP contribution in [0.1, 0.15) is 24.3 Å². The third-order valence-corrected chi connectivity index (χ3v) is 5.36. The zero-order valence-electron chi connectivity index (χ0n) is 17.5. The molecule has 162 valence electrons. The summed E-state index contributed by atoms with van der Waals surface area (Å²) in [4.78, 5) is 32.9. The topological polar surface area (TPSA) is 98.9 Å². The van der Waals surface area contributed by atoms with Crippen molar-refractivity contribution < 1.29 is 19.1 Å². The molecule has 1 aliphatic rings. The lowest BCUT2D eigenvalue weighted by Crippen LogP contribution is -2.42. The first-order valence-electron chi connectivity index (χ1n) is 10.4. The summed E-state index contributed by atoms with van der Waals surface area (Å²) in [5, 5.41) is 12.6. The first-order valence-corrected chi connectivity index (χ1v) is 10.4. The van der Waals surface area contributed by atoms with Crippen molar-refractivity contribution in [2.45, 2.75) is 26.3 Å². The van der Waals surface area contributed by atoms with Crippen molar-refractivity contribution in [1.29, 1.82) is 0 Å². The van der Waals surface area contributed by atoms with Gasteiger partial charge in [-0.15, -0.1) is 0 Å². The summed E-state index contributed by atoms with van der Waals surface area (Å²) < 4.78 is 5.55. The van der Waals surface area contributed by atoms with Crippen LogP contribution >= 0.6 is 0 Å². The second-order valence-corrected chi connectivity index (χ2v) is 7.78. The number of hydrogen-bond donors (Lipinski definition) is 2. The van der Waals surface area contributed by atoms with E-state index in [9.17, 15) is 14.7 Å². The molecule has 0 spiro atoms. The van der Waals surface area contributed by atoms with Crippen molar-refractivity contribution >= 4 is 28.6 Å². The summed E-state index contributed by atoms with van der Waals surface area (Å²) in [5.41, 5.74) is 3.04. The fourth-order valence-electron chi connectivity index (χ4n) is 3.82. The largest absolute Gasteiger partial charge is 0.508 e. The highest BCUT2D eigenvalue weighted by Crippen LogP contribution is 2.24. The molecule has 8 nitrogen and oxygen atoms in total. The number of phenols is 1. The van der Waals surface area contributed by atoms with Gasteiger partial charge in [-0.05, 0) is 48.7 Å². The first kappa shape index (κ1) is 20.7. The molecule has 8 heteroatoms. The van der Waals surface area contributed by atoms with E-state index in [-0.39, 0.29) is 30.7 Å². The lowest BCUT2D eigenvalue weighted by molar-refractivity contribution is -0.131. The molecule has 31 heavy (non-hydrogen) atoms. The van der Waals surface area contributed by atoms with Gasteiger partial charge in [0.15, 0.2) is 11.5 Å². The van der Waals surface area contributed by atoms with E-state index in [1.165, 1.54) is 0 Å². The van der Waals surface area contributed by atoms with Crippen LogP contribution in [0.2, 0.25) is 0 Å². The molecule has 1 aromatic heterocycles. The summed E-state index contributed by atoms with van der Waals surface area (Å²) in [6.45, 7) is 3.77. The molecule has 0 atom stereocenters. The van der Waals surface area contributed by atoms with Gasteiger partial charge in [0.05, 0.1) is 13.1 Å². The highest BCUT2D eigenvalue weighted by Gasteiger charge is 2.19. The van der Waals surface area contributed by atoms with Gasteiger partial charge in [-0.1, -0.05) is 12.1 Å². The number of hydrogen-bond acceptors (Lipinski definition) is 6. The number of nitrogens with one attached hydrogen (secondary N) is 1. The Hall–Kier alpha value is -3.55. The molecule has 1 fully saturated rings. The zero-order chi connectivity index (χ0) is 21.8. The quantitative estimate of drug-likeness (QED) is 0.607. The van der Waals surface area contributed by atoms with Gasteiger partial charge in [0, 0.05) is 32.2 Å². The fourth-order valence-corrected chi connectivity index (χ4v) is 3.82. The van der Waals surface area contributed by atoms with Gasteiger partial charge in [0.2, 0.25) is 11.8 Å². The lowest BCUT2D eigenvalue weighted by atomic mass is 10.1. The molecule has 2 N–H and O–H groups in total. The van der Waals surface area contributed by atoms with Gasteiger partial charge in [-0.2, -0.15) is 0 Å². The monoisotopic (exact) mass is 422 g/mol. The smallest absolute Gasteiger partial charge is 0.241 e. The summed E-state index contributed by atoms with van der Waals surface area (Å²) in [6.07, 6.45) is 2.03. The van der Waals surface area contributed by atoms with E-state index in [2.05, 4.69) is 10.3 Å². The molecule has 0 saturated carbocycles. The van der Waals surface area contributed by atoms with E-state index in [1.54, 1.807) is 30.0 Å². The van der Waals surface area contributed by atoms with Crippen LogP contribution in [0.4, 0.5) is 5.69 Å². The van der Waals surface area contributed by atoms with Gasteiger partial charge in [-0.25, -0.2) is 4.98 Å². The summed E-state index contributed by atoms with van der Waals surface area (Å²) in [5.74, 6) is 0.444. The maximum absolute atomic E-state index is 12.7. The number of amides is 2. The van der Waals surface area contributed by atoms with Crippen LogP contribution in [-0.4, -0.2) is 53.0 Å². The molecule has 4 rings (SSSR count). The van der Waals surface area contributed by atoms with Gasteiger partial charge in [0.1, 0.15) is 11.3 Å². The molecule has 2 amide bonds. The SMILES string of the molecule is Cc1nc2cc(N(CC(=O)NCC(=O)N3CCCC3)Cc3cccc(O)c3)ccc2o1. The fraction of sp³-hybridized carbons (Fsp3) is 0.348. The number of rotatable bonds is 7. The van der Waals surface area contributed by atoms with Gasteiger partial charge < -0.3 is 24.6 Å². The first-order chi connectivity index (χ1) is 15.0. The molecule has 2 aromatic carbocycles. The average molecular weight is 422 g/mol. The van der Waals surface area contributed by atoms with E-state index in [1.807, 2.05) is 29.2 Å². The number of aryl methyl sites for hydroxylation is 1. The minimum Gasteiger partial charge on any atom is -0.508 e. The number of carbonyl (C=O) groups is 2. The molecule has 1 saturated heterocycles. The Labute approximate surface area is 180 Å². The molecule has 0 bridgehead atoms. The van der Waals surface area contributed by atoms with Gasteiger partial charge >= 0.3 is 0 Å². The van der Waals surface area contributed by atoms with Crippen LogP contribution in [0.25, 0.3) is 11.1 Å². The average Bonchev–Trinajstić information content (AvgIpc) is 3.40. The van der Waals surface area contributed by atoms with Crippen molar-refractivity contribution in [3.8, 4) is 5.75 Å².